The maximum absolute atomic E-state index is 12.9. The molecule has 8 nitrogen and oxygen atoms in total. The van der Waals surface area contributed by atoms with E-state index < -0.39 is 0 Å². The second-order valence-electron chi connectivity index (χ2n) is 7.44. The number of piperazine rings is 1. The summed E-state index contributed by atoms with van der Waals surface area (Å²) in [6.07, 6.45) is 1.64. The summed E-state index contributed by atoms with van der Waals surface area (Å²) in [7, 11) is 0. The molecule has 1 aromatic heterocycles. The number of nitrogens with two attached hydrogens (primary N) is 1. The first kappa shape index (κ1) is 23.7. The van der Waals surface area contributed by atoms with Gasteiger partial charge in [-0.1, -0.05) is 52.0 Å². The Hall–Kier alpha value is -2.47. The number of furan rings is 1. The van der Waals surface area contributed by atoms with Crippen LogP contribution >= 0.6 is 39.9 Å². The quantitative estimate of drug-likeness (QED) is 0.452. The summed E-state index contributed by atoms with van der Waals surface area (Å²) < 4.78 is 7.17. The number of carbonyl (C=O) groups is 3. The van der Waals surface area contributed by atoms with E-state index in [0.29, 0.717) is 46.9 Å². The summed E-state index contributed by atoms with van der Waals surface area (Å²) in [5, 5.41) is 0. The lowest BCUT2D eigenvalue weighted by molar-refractivity contribution is -0.140. The van der Waals surface area contributed by atoms with Crippen LogP contribution in [0.1, 0.15) is 5.76 Å². The van der Waals surface area contributed by atoms with Gasteiger partial charge in [-0.3, -0.25) is 19.3 Å². The number of hydrogen-bond acceptors (Lipinski definition) is 7. The van der Waals surface area contributed by atoms with Crippen LogP contribution in [0.2, 0.25) is 0 Å². The Morgan fingerprint density at radius 2 is 1.70 bits per heavy atom. The number of benzene rings is 1. The summed E-state index contributed by atoms with van der Waals surface area (Å²) in [6.45, 7) is 1.49. The first-order valence-electron chi connectivity index (χ1n) is 10.2. The van der Waals surface area contributed by atoms with Gasteiger partial charge in [0.15, 0.2) is 0 Å². The summed E-state index contributed by atoms with van der Waals surface area (Å²) in [5.74, 6) is 0.553. The Balaban J connectivity index is 1.39. The highest BCUT2D eigenvalue weighted by molar-refractivity contribution is 9.10. The number of halogens is 1. The molecule has 0 saturated carbocycles. The molecule has 11 heteroatoms. The molecular weight excluding hydrogens is 528 g/mol. The second-order valence-corrected chi connectivity index (χ2v) is 10.0. The molecule has 2 saturated heterocycles. The fourth-order valence-corrected chi connectivity index (χ4v) is 5.03. The van der Waals surface area contributed by atoms with E-state index in [1.807, 2.05) is 30.3 Å². The number of nitrogens with zero attached hydrogens (tertiary/aromatic N) is 3. The largest absolute Gasteiger partial charge is 0.457 e. The molecule has 0 unspecified atom stereocenters. The van der Waals surface area contributed by atoms with Crippen molar-refractivity contribution >= 4 is 68.0 Å². The second kappa shape index (κ2) is 10.2. The van der Waals surface area contributed by atoms with Crippen LogP contribution in [0.25, 0.3) is 17.4 Å². The van der Waals surface area contributed by atoms with Gasteiger partial charge < -0.3 is 20.0 Å². The van der Waals surface area contributed by atoms with Crippen molar-refractivity contribution < 1.29 is 18.8 Å². The smallest absolute Gasteiger partial charge is 0.266 e. The number of hydrogen-bond donors (Lipinski definition) is 1. The van der Waals surface area contributed by atoms with Crippen molar-refractivity contribution in [3.8, 4) is 11.3 Å². The SMILES string of the molecule is NCC(=O)N1CCN(C(=O)CN2C(=O)C(=Cc3ccc(-c4ccc(Br)cc4)o3)SC2=S)CC1. The summed E-state index contributed by atoms with van der Waals surface area (Å²) >= 11 is 9.90. The van der Waals surface area contributed by atoms with Crippen molar-refractivity contribution in [2.24, 2.45) is 5.73 Å². The number of carbonyl (C=O) groups excluding carboxylic acids is 3. The van der Waals surface area contributed by atoms with Crippen molar-refractivity contribution in [3.63, 3.8) is 0 Å². The van der Waals surface area contributed by atoms with E-state index >= 15 is 0 Å². The average molecular weight is 549 g/mol. The molecular formula is C22H21BrN4O4S2. The van der Waals surface area contributed by atoms with E-state index in [-0.39, 0.29) is 30.8 Å². The number of amides is 3. The van der Waals surface area contributed by atoms with Crippen molar-refractivity contribution in [2.75, 3.05) is 39.3 Å². The Morgan fingerprint density at radius 3 is 2.33 bits per heavy atom. The van der Waals surface area contributed by atoms with E-state index in [1.54, 1.807) is 21.9 Å². The zero-order valence-corrected chi connectivity index (χ0v) is 20.7. The number of thiocarbonyl (C=S) groups is 1. The van der Waals surface area contributed by atoms with Crippen LogP contribution in [0.4, 0.5) is 0 Å². The van der Waals surface area contributed by atoms with Gasteiger partial charge in [-0.05, 0) is 24.3 Å². The van der Waals surface area contributed by atoms with Gasteiger partial charge in [0.1, 0.15) is 22.4 Å². The molecule has 2 fully saturated rings. The third kappa shape index (κ3) is 5.37. The molecule has 1 aromatic carbocycles. The molecule has 0 radical (unpaired) electrons. The Kier molecular flexibility index (Phi) is 7.32. The molecule has 2 aliphatic rings. The molecule has 3 heterocycles. The predicted molar refractivity (Wildman–Crippen MR) is 134 cm³/mol. The molecule has 172 valence electrons. The first-order valence-corrected chi connectivity index (χ1v) is 12.2. The Labute approximate surface area is 208 Å². The van der Waals surface area contributed by atoms with Crippen molar-refractivity contribution in [1.29, 1.82) is 0 Å². The van der Waals surface area contributed by atoms with E-state index in [9.17, 15) is 14.4 Å². The lowest BCUT2D eigenvalue weighted by atomic mass is 10.2. The van der Waals surface area contributed by atoms with Gasteiger partial charge in [0.25, 0.3) is 5.91 Å². The molecule has 0 aliphatic carbocycles. The third-order valence-electron chi connectivity index (χ3n) is 5.36. The van der Waals surface area contributed by atoms with Gasteiger partial charge >= 0.3 is 0 Å². The van der Waals surface area contributed by atoms with E-state index in [0.717, 1.165) is 21.8 Å². The first-order chi connectivity index (χ1) is 15.9. The maximum atomic E-state index is 12.9. The van der Waals surface area contributed by atoms with Gasteiger partial charge in [0, 0.05) is 42.3 Å². The molecule has 3 amide bonds. The fraction of sp³-hybridized carbons (Fsp3) is 0.273. The van der Waals surface area contributed by atoms with Gasteiger partial charge in [0.05, 0.1) is 11.4 Å². The Bertz CT molecular complexity index is 1120. The minimum atomic E-state index is -0.322. The molecule has 2 N–H and O–H groups in total. The van der Waals surface area contributed by atoms with Crippen LogP contribution < -0.4 is 5.73 Å². The lowest BCUT2D eigenvalue weighted by Crippen LogP contribution is -2.53. The zero-order valence-electron chi connectivity index (χ0n) is 17.5. The lowest BCUT2D eigenvalue weighted by Gasteiger charge is -2.35. The predicted octanol–water partition coefficient (Wildman–Crippen LogP) is 2.54. The minimum Gasteiger partial charge on any atom is -0.457 e. The molecule has 2 aromatic rings. The fourth-order valence-electron chi connectivity index (χ4n) is 3.53. The maximum Gasteiger partial charge on any atom is 0.266 e. The van der Waals surface area contributed by atoms with E-state index in [4.69, 9.17) is 22.4 Å². The van der Waals surface area contributed by atoms with E-state index in [1.165, 1.54) is 4.90 Å². The van der Waals surface area contributed by atoms with Gasteiger partial charge in [-0.25, -0.2) is 0 Å². The molecule has 0 atom stereocenters. The zero-order chi connectivity index (χ0) is 23.5. The molecule has 0 spiro atoms. The Morgan fingerprint density at radius 1 is 1.06 bits per heavy atom. The molecule has 33 heavy (non-hydrogen) atoms. The molecule has 2 aliphatic heterocycles. The number of thioether (sulfide) groups is 1. The minimum absolute atomic E-state index is 0.0445. The average Bonchev–Trinajstić information content (AvgIpc) is 3.39. The van der Waals surface area contributed by atoms with Crippen molar-refractivity contribution in [1.82, 2.24) is 14.7 Å². The van der Waals surface area contributed by atoms with E-state index in [2.05, 4.69) is 15.9 Å². The standard InChI is InChI=1S/C22H21BrN4O4S2/c23-15-3-1-14(2-4-15)17-6-5-16(31-17)11-18-21(30)27(22(32)33-18)13-20(29)26-9-7-25(8-10-26)19(28)12-24/h1-6,11H,7-10,12-13,24H2. The van der Waals surface area contributed by atoms with Crippen molar-refractivity contribution in [2.45, 2.75) is 0 Å². The molecule has 4 rings (SSSR count). The third-order valence-corrected chi connectivity index (χ3v) is 7.26. The summed E-state index contributed by atoms with van der Waals surface area (Å²) in [4.78, 5) is 42.3. The van der Waals surface area contributed by atoms with Crippen LogP contribution in [-0.2, 0) is 14.4 Å². The van der Waals surface area contributed by atoms with Crippen LogP contribution in [0.3, 0.4) is 0 Å². The summed E-state index contributed by atoms with van der Waals surface area (Å²) in [6, 6.07) is 11.4. The highest BCUT2D eigenvalue weighted by Gasteiger charge is 2.35. The van der Waals surface area contributed by atoms with Gasteiger partial charge in [-0.2, -0.15) is 0 Å². The van der Waals surface area contributed by atoms with Crippen LogP contribution in [-0.4, -0.2) is 76.0 Å². The topological polar surface area (TPSA) is 100 Å². The van der Waals surface area contributed by atoms with Crippen LogP contribution in [0.15, 0.2) is 50.2 Å². The van der Waals surface area contributed by atoms with Gasteiger partial charge in [0.2, 0.25) is 11.8 Å². The van der Waals surface area contributed by atoms with Gasteiger partial charge in [-0.15, -0.1) is 0 Å². The monoisotopic (exact) mass is 548 g/mol. The summed E-state index contributed by atoms with van der Waals surface area (Å²) in [5.41, 5.74) is 6.32. The van der Waals surface area contributed by atoms with Crippen LogP contribution in [0, 0.1) is 0 Å². The highest BCUT2D eigenvalue weighted by atomic mass is 79.9. The van der Waals surface area contributed by atoms with Crippen LogP contribution in [0.5, 0.6) is 0 Å². The normalized spacial score (nSPS) is 17.9. The molecule has 0 bridgehead atoms. The van der Waals surface area contributed by atoms with Crippen molar-refractivity contribution in [3.05, 3.63) is 51.5 Å². The highest BCUT2D eigenvalue weighted by Crippen LogP contribution is 2.33. The number of rotatable bonds is 5.